The maximum atomic E-state index is 10.9. The molecule has 4 nitrogen and oxygen atoms in total. The van der Waals surface area contributed by atoms with Crippen LogP contribution in [0, 0.1) is 0 Å². The fourth-order valence-electron chi connectivity index (χ4n) is 3.28. The van der Waals surface area contributed by atoms with Crippen LogP contribution in [0.1, 0.15) is 23.1 Å². The van der Waals surface area contributed by atoms with Crippen LogP contribution in [0.5, 0.6) is 0 Å². The number of rotatable bonds is 6. The second kappa shape index (κ2) is 7.92. The predicted octanol–water partition coefficient (Wildman–Crippen LogP) is 5.21. The van der Waals surface area contributed by atoms with Crippen LogP contribution in [0.2, 0.25) is 0 Å². The van der Waals surface area contributed by atoms with Gasteiger partial charge in [0.1, 0.15) is 5.82 Å². The van der Waals surface area contributed by atoms with Crippen LogP contribution in [-0.4, -0.2) is 20.6 Å². The molecule has 0 atom stereocenters. The summed E-state index contributed by atoms with van der Waals surface area (Å²) in [6.45, 7) is 0. The second-order valence-corrected chi connectivity index (χ2v) is 6.63. The Kier molecular flexibility index (Phi) is 5.02. The van der Waals surface area contributed by atoms with Gasteiger partial charge >= 0.3 is 5.97 Å². The minimum absolute atomic E-state index is 0.127. The molecule has 2 aromatic carbocycles. The zero-order valence-corrected chi connectivity index (χ0v) is 15.3. The van der Waals surface area contributed by atoms with Crippen molar-refractivity contribution in [2.45, 2.75) is 12.8 Å². The van der Waals surface area contributed by atoms with Gasteiger partial charge in [0, 0.05) is 29.8 Å². The first-order valence-corrected chi connectivity index (χ1v) is 9.21. The predicted molar refractivity (Wildman–Crippen MR) is 112 cm³/mol. The summed E-state index contributed by atoms with van der Waals surface area (Å²) in [7, 11) is 0. The Morgan fingerprint density at radius 1 is 1.00 bits per heavy atom. The van der Waals surface area contributed by atoms with Gasteiger partial charge in [-0.3, -0.25) is 4.79 Å². The van der Waals surface area contributed by atoms with Crippen molar-refractivity contribution in [2.75, 3.05) is 0 Å². The van der Waals surface area contributed by atoms with Gasteiger partial charge in [-0.15, -0.1) is 0 Å². The van der Waals surface area contributed by atoms with Gasteiger partial charge in [0.25, 0.3) is 0 Å². The average Bonchev–Trinajstić information content (AvgIpc) is 3.10. The van der Waals surface area contributed by atoms with Crippen molar-refractivity contribution in [1.29, 1.82) is 0 Å². The van der Waals surface area contributed by atoms with E-state index in [-0.39, 0.29) is 6.42 Å². The zero-order chi connectivity index (χ0) is 19.3. The van der Waals surface area contributed by atoms with Crippen LogP contribution in [0.25, 0.3) is 28.9 Å². The number of aryl methyl sites for hydroxylation is 1. The lowest BCUT2D eigenvalue weighted by Crippen LogP contribution is -1.98. The van der Waals surface area contributed by atoms with E-state index in [0.29, 0.717) is 6.42 Å². The largest absolute Gasteiger partial charge is 0.481 e. The van der Waals surface area contributed by atoms with Crippen molar-refractivity contribution in [2.24, 2.45) is 0 Å². The van der Waals surface area contributed by atoms with Gasteiger partial charge in [-0.05, 0) is 41.8 Å². The lowest BCUT2D eigenvalue weighted by molar-refractivity contribution is -0.136. The molecule has 0 aliphatic heterocycles. The molecular formula is C24H20N2O2. The summed E-state index contributed by atoms with van der Waals surface area (Å²) in [5, 5.41) is 10.1. The van der Waals surface area contributed by atoms with E-state index in [1.807, 2.05) is 48.5 Å². The molecule has 0 unspecified atom stereocenters. The normalized spacial score (nSPS) is 11.3. The third kappa shape index (κ3) is 3.86. The monoisotopic (exact) mass is 368 g/mol. The van der Waals surface area contributed by atoms with Crippen molar-refractivity contribution in [1.82, 2.24) is 9.55 Å². The Hall–Kier alpha value is -3.66. The maximum Gasteiger partial charge on any atom is 0.303 e. The number of carbonyl (C=O) groups is 1. The lowest BCUT2D eigenvalue weighted by Gasteiger charge is -2.05. The van der Waals surface area contributed by atoms with Crippen LogP contribution in [0.3, 0.4) is 0 Å². The number of carboxylic acids is 1. The van der Waals surface area contributed by atoms with Crippen LogP contribution >= 0.6 is 0 Å². The van der Waals surface area contributed by atoms with Gasteiger partial charge in [-0.1, -0.05) is 54.6 Å². The molecule has 4 heteroatoms. The van der Waals surface area contributed by atoms with Gasteiger partial charge in [0.15, 0.2) is 0 Å². The molecule has 1 N–H and O–H groups in total. The van der Waals surface area contributed by atoms with E-state index in [1.54, 1.807) is 6.20 Å². The second-order valence-electron chi connectivity index (χ2n) is 6.63. The molecule has 0 radical (unpaired) electrons. The standard InChI is InChI=1S/C24H20N2O2/c27-24(28)14-11-19-10-13-22-21(16-19)20(12-9-18-6-2-1-3-7-18)17-26(22)23-8-4-5-15-25-23/h1-10,12-13,15-17H,11,14H2,(H,27,28). The van der Waals surface area contributed by atoms with Gasteiger partial charge in [0.05, 0.1) is 5.52 Å². The molecule has 4 aromatic rings. The topological polar surface area (TPSA) is 55.1 Å². The molecular weight excluding hydrogens is 348 g/mol. The highest BCUT2D eigenvalue weighted by atomic mass is 16.4. The quantitative estimate of drug-likeness (QED) is 0.508. The van der Waals surface area contributed by atoms with Crippen LogP contribution in [0.4, 0.5) is 0 Å². The average molecular weight is 368 g/mol. The molecule has 28 heavy (non-hydrogen) atoms. The Bertz CT molecular complexity index is 1130. The van der Waals surface area contributed by atoms with Crippen molar-refractivity contribution in [3.05, 3.63) is 95.8 Å². The van der Waals surface area contributed by atoms with Crippen molar-refractivity contribution < 1.29 is 9.90 Å². The molecule has 0 amide bonds. The minimum Gasteiger partial charge on any atom is -0.481 e. The Labute approximate surface area is 163 Å². The summed E-state index contributed by atoms with van der Waals surface area (Å²) in [6, 6.07) is 22.1. The van der Waals surface area contributed by atoms with Crippen molar-refractivity contribution in [3.63, 3.8) is 0 Å². The molecule has 0 bridgehead atoms. The number of pyridine rings is 1. The highest BCUT2D eigenvalue weighted by Gasteiger charge is 2.10. The summed E-state index contributed by atoms with van der Waals surface area (Å²) < 4.78 is 2.07. The molecule has 0 aliphatic carbocycles. The molecule has 0 fully saturated rings. The van der Waals surface area contributed by atoms with E-state index in [2.05, 4.69) is 46.1 Å². The Morgan fingerprint density at radius 3 is 2.57 bits per heavy atom. The molecule has 138 valence electrons. The number of hydrogen-bond donors (Lipinski definition) is 1. The third-order valence-electron chi connectivity index (χ3n) is 4.68. The van der Waals surface area contributed by atoms with Gasteiger partial charge in [0.2, 0.25) is 0 Å². The first-order valence-electron chi connectivity index (χ1n) is 9.21. The summed E-state index contributed by atoms with van der Waals surface area (Å²) in [4.78, 5) is 15.4. The number of carboxylic acid groups (broad SMARTS) is 1. The van der Waals surface area contributed by atoms with Gasteiger partial charge < -0.3 is 9.67 Å². The number of hydrogen-bond acceptors (Lipinski definition) is 2. The fourth-order valence-corrected chi connectivity index (χ4v) is 3.28. The summed E-state index contributed by atoms with van der Waals surface area (Å²) in [6.07, 6.45) is 8.68. The van der Waals surface area contributed by atoms with Crippen LogP contribution in [-0.2, 0) is 11.2 Å². The fraction of sp³-hybridized carbons (Fsp3) is 0.0833. The first-order chi connectivity index (χ1) is 13.7. The molecule has 0 aliphatic rings. The SMILES string of the molecule is O=C(O)CCc1ccc2c(c1)c(C=Cc1ccccc1)cn2-c1ccccn1. The lowest BCUT2D eigenvalue weighted by atomic mass is 10.0. The third-order valence-corrected chi connectivity index (χ3v) is 4.68. The van der Waals surface area contributed by atoms with E-state index in [1.165, 1.54) is 0 Å². The van der Waals surface area contributed by atoms with Crippen LogP contribution in [0.15, 0.2) is 79.1 Å². The van der Waals surface area contributed by atoms with Crippen LogP contribution < -0.4 is 0 Å². The van der Waals surface area contributed by atoms with Gasteiger partial charge in [-0.25, -0.2) is 4.98 Å². The molecule has 2 heterocycles. The van der Waals surface area contributed by atoms with Crippen molar-refractivity contribution in [3.8, 4) is 5.82 Å². The molecule has 0 spiro atoms. The first kappa shape index (κ1) is 17.7. The minimum atomic E-state index is -0.782. The Morgan fingerprint density at radius 2 is 1.82 bits per heavy atom. The van der Waals surface area contributed by atoms with E-state index in [4.69, 9.17) is 5.11 Å². The highest BCUT2D eigenvalue weighted by Crippen LogP contribution is 2.27. The Balaban J connectivity index is 1.80. The summed E-state index contributed by atoms with van der Waals surface area (Å²) in [5.41, 5.74) is 4.26. The zero-order valence-electron chi connectivity index (χ0n) is 15.3. The molecule has 0 saturated heterocycles. The number of benzene rings is 2. The highest BCUT2D eigenvalue weighted by molar-refractivity contribution is 5.93. The summed E-state index contributed by atoms with van der Waals surface area (Å²) >= 11 is 0. The van der Waals surface area contributed by atoms with E-state index in [9.17, 15) is 4.79 Å². The molecule has 0 saturated carbocycles. The van der Waals surface area contributed by atoms with Gasteiger partial charge in [-0.2, -0.15) is 0 Å². The van der Waals surface area contributed by atoms with Crippen molar-refractivity contribution >= 4 is 29.0 Å². The smallest absolute Gasteiger partial charge is 0.303 e. The number of aliphatic carboxylic acids is 1. The van der Waals surface area contributed by atoms with E-state index >= 15 is 0 Å². The molecule has 4 rings (SSSR count). The number of aromatic nitrogens is 2. The maximum absolute atomic E-state index is 10.9. The number of fused-ring (bicyclic) bond motifs is 1. The number of nitrogens with zero attached hydrogens (tertiary/aromatic N) is 2. The summed E-state index contributed by atoms with van der Waals surface area (Å²) in [5.74, 6) is 0.0699. The molecule has 2 aromatic heterocycles. The van der Waals surface area contributed by atoms with E-state index < -0.39 is 5.97 Å². The van der Waals surface area contributed by atoms with E-state index in [0.717, 1.165) is 33.4 Å².